The van der Waals surface area contributed by atoms with Gasteiger partial charge in [-0.3, -0.25) is 0 Å². The van der Waals surface area contributed by atoms with Gasteiger partial charge in [-0.05, 0) is 18.2 Å². The summed E-state index contributed by atoms with van der Waals surface area (Å²) in [5.41, 5.74) is -0.254. The van der Waals surface area contributed by atoms with Gasteiger partial charge in [0.2, 0.25) is 0 Å². The van der Waals surface area contributed by atoms with E-state index >= 15 is 0 Å². The third-order valence-electron chi connectivity index (χ3n) is 1.71. The predicted molar refractivity (Wildman–Crippen MR) is 53.3 cm³/mol. The Morgan fingerprint density at radius 1 is 1.50 bits per heavy atom. The van der Waals surface area contributed by atoms with Gasteiger partial charge in [-0.25, -0.2) is 9.18 Å². The average molecular weight is 240 g/mol. The highest BCUT2D eigenvalue weighted by molar-refractivity contribution is 7.07. The second-order valence-electron chi connectivity index (χ2n) is 2.75. The SMILES string of the molecule is O=C(O)c1cc(F)ccc1Oc1ncns1. The van der Waals surface area contributed by atoms with E-state index in [9.17, 15) is 9.18 Å². The summed E-state index contributed by atoms with van der Waals surface area (Å²) in [6, 6.07) is 3.24. The van der Waals surface area contributed by atoms with Crippen molar-refractivity contribution in [2.45, 2.75) is 0 Å². The molecule has 0 aliphatic rings. The number of ether oxygens (including phenoxy) is 1. The van der Waals surface area contributed by atoms with Crippen LogP contribution in [0.25, 0.3) is 0 Å². The van der Waals surface area contributed by atoms with Gasteiger partial charge in [-0.2, -0.15) is 9.36 Å². The molecule has 1 aromatic heterocycles. The van der Waals surface area contributed by atoms with Crippen LogP contribution in [0.1, 0.15) is 10.4 Å². The van der Waals surface area contributed by atoms with Gasteiger partial charge in [0.1, 0.15) is 23.5 Å². The molecule has 0 spiro atoms. The van der Waals surface area contributed by atoms with Gasteiger partial charge in [-0.15, -0.1) is 0 Å². The highest BCUT2D eigenvalue weighted by atomic mass is 32.1. The molecule has 0 unspecified atom stereocenters. The van der Waals surface area contributed by atoms with Crippen LogP contribution in [0, 0.1) is 5.82 Å². The fourth-order valence-electron chi connectivity index (χ4n) is 1.06. The monoisotopic (exact) mass is 240 g/mol. The molecule has 82 valence electrons. The number of benzene rings is 1. The van der Waals surface area contributed by atoms with E-state index in [0.29, 0.717) is 0 Å². The number of aromatic nitrogens is 2. The van der Waals surface area contributed by atoms with Crippen LogP contribution in [0.15, 0.2) is 24.5 Å². The number of rotatable bonds is 3. The minimum atomic E-state index is -1.26. The van der Waals surface area contributed by atoms with Gasteiger partial charge >= 0.3 is 5.97 Å². The van der Waals surface area contributed by atoms with Crippen molar-refractivity contribution < 1.29 is 19.0 Å². The standard InChI is InChI=1S/C9H5FN2O3S/c10-5-1-2-7(6(3-5)8(13)14)15-9-11-4-12-16-9/h1-4H,(H,13,14). The molecule has 1 aromatic carbocycles. The van der Waals surface area contributed by atoms with Gasteiger partial charge < -0.3 is 9.84 Å². The Kier molecular flexibility index (Phi) is 2.78. The molecule has 7 heteroatoms. The van der Waals surface area contributed by atoms with Crippen LogP contribution >= 0.6 is 11.5 Å². The molecule has 0 radical (unpaired) electrons. The number of nitrogens with zero attached hydrogens (tertiary/aromatic N) is 2. The van der Waals surface area contributed by atoms with Crippen LogP contribution in [-0.2, 0) is 0 Å². The van der Waals surface area contributed by atoms with Gasteiger partial charge in [0, 0.05) is 11.5 Å². The lowest BCUT2D eigenvalue weighted by atomic mass is 10.2. The molecule has 0 atom stereocenters. The normalized spacial score (nSPS) is 10.1. The average Bonchev–Trinajstić information content (AvgIpc) is 2.73. The van der Waals surface area contributed by atoms with Crippen molar-refractivity contribution in [3.63, 3.8) is 0 Å². The third-order valence-corrected chi connectivity index (χ3v) is 2.25. The van der Waals surface area contributed by atoms with Gasteiger partial charge in [0.25, 0.3) is 5.19 Å². The van der Waals surface area contributed by atoms with E-state index in [2.05, 4.69) is 9.36 Å². The van der Waals surface area contributed by atoms with Gasteiger partial charge in [-0.1, -0.05) is 0 Å². The number of hydrogen-bond donors (Lipinski definition) is 1. The smallest absolute Gasteiger partial charge is 0.339 e. The van der Waals surface area contributed by atoms with Crippen LogP contribution in [0.2, 0.25) is 0 Å². The largest absolute Gasteiger partial charge is 0.478 e. The zero-order valence-corrected chi connectivity index (χ0v) is 8.57. The minimum absolute atomic E-state index is 0.0330. The van der Waals surface area contributed by atoms with E-state index in [1.165, 1.54) is 12.4 Å². The first-order valence-corrected chi connectivity index (χ1v) is 4.91. The zero-order chi connectivity index (χ0) is 11.5. The van der Waals surface area contributed by atoms with Gasteiger partial charge in [0.05, 0.1) is 0 Å². The first-order valence-electron chi connectivity index (χ1n) is 4.14. The molecule has 0 bridgehead atoms. The van der Waals surface area contributed by atoms with E-state index in [4.69, 9.17) is 9.84 Å². The fourth-order valence-corrected chi connectivity index (χ4v) is 1.47. The maximum atomic E-state index is 12.8. The number of hydrogen-bond acceptors (Lipinski definition) is 5. The molecular formula is C9H5FN2O3S. The van der Waals surface area contributed by atoms with E-state index in [1.807, 2.05) is 0 Å². The summed E-state index contributed by atoms with van der Waals surface area (Å²) in [5.74, 6) is -1.87. The second-order valence-corrected chi connectivity index (χ2v) is 3.50. The topological polar surface area (TPSA) is 72.3 Å². The molecule has 0 fully saturated rings. The maximum Gasteiger partial charge on any atom is 0.339 e. The van der Waals surface area contributed by atoms with Crippen molar-refractivity contribution in [1.29, 1.82) is 0 Å². The molecule has 0 saturated heterocycles. The summed E-state index contributed by atoms with van der Waals surface area (Å²) in [5, 5.41) is 9.04. The fraction of sp³-hybridized carbons (Fsp3) is 0. The molecule has 0 saturated carbocycles. The van der Waals surface area contributed by atoms with Crippen LogP contribution < -0.4 is 4.74 Å². The Balaban J connectivity index is 2.36. The molecular weight excluding hydrogens is 235 g/mol. The molecule has 1 heterocycles. The summed E-state index contributed by atoms with van der Waals surface area (Å²) >= 11 is 0.972. The first-order chi connectivity index (χ1) is 7.66. The molecule has 2 rings (SSSR count). The van der Waals surface area contributed by atoms with E-state index in [-0.39, 0.29) is 16.5 Å². The lowest BCUT2D eigenvalue weighted by molar-refractivity contribution is 0.0693. The summed E-state index contributed by atoms with van der Waals surface area (Å²) in [4.78, 5) is 14.6. The van der Waals surface area contributed by atoms with E-state index < -0.39 is 11.8 Å². The molecule has 0 aliphatic heterocycles. The molecule has 16 heavy (non-hydrogen) atoms. The lowest BCUT2D eigenvalue weighted by Gasteiger charge is -2.04. The van der Waals surface area contributed by atoms with Crippen LogP contribution in [0.5, 0.6) is 10.9 Å². The number of carboxylic acid groups (broad SMARTS) is 1. The Labute approximate surface area is 93.3 Å². The number of aromatic carboxylic acids is 1. The maximum absolute atomic E-state index is 12.8. The Morgan fingerprint density at radius 3 is 2.94 bits per heavy atom. The van der Waals surface area contributed by atoms with Crippen LogP contribution in [-0.4, -0.2) is 20.4 Å². The molecule has 0 amide bonds. The van der Waals surface area contributed by atoms with Crippen molar-refractivity contribution >= 4 is 17.5 Å². The predicted octanol–water partition coefficient (Wildman–Crippen LogP) is 2.17. The first kappa shape index (κ1) is 10.5. The summed E-state index contributed by atoms with van der Waals surface area (Å²) in [6.45, 7) is 0. The zero-order valence-electron chi connectivity index (χ0n) is 7.75. The highest BCUT2D eigenvalue weighted by Crippen LogP contribution is 2.26. The Bertz CT molecular complexity index is 515. The Hall–Kier alpha value is -2.02. The highest BCUT2D eigenvalue weighted by Gasteiger charge is 2.14. The van der Waals surface area contributed by atoms with Crippen LogP contribution in [0.4, 0.5) is 4.39 Å². The Morgan fingerprint density at radius 2 is 2.31 bits per heavy atom. The minimum Gasteiger partial charge on any atom is -0.478 e. The van der Waals surface area contributed by atoms with Crippen molar-refractivity contribution in [1.82, 2.24) is 9.36 Å². The third kappa shape index (κ3) is 2.14. The molecule has 0 aliphatic carbocycles. The quantitative estimate of drug-likeness (QED) is 0.890. The molecule has 2 aromatic rings. The van der Waals surface area contributed by atoms with E-state index in [1.54, 1.807) is 0 Å². The summed E-state index contributed by atoms with van der Waals surface area (Å²) in [7, 11) is 0. The summed E-state index contributed by atoms with van der Waals surface area (Å²) in [6.07, 6.45) is 1.28. The molecule has 5 nitrogen and oxygen atoms in total. The number of carbonyl (C=O) groups is 1. The van der Waals surface area contributed by atoms with Crippen LogP contribution in [0.3, 0.4) is 0 Å². The van der Waals surface area contributed by atoms with Crippen molar-refractivity contribution in [3.8, 4) is 10.9 Å². The number of halogens is 1. The van der Waals surface area contributed by atoms with E-state index in [0.717, 1.165) is 23.7 Å². The van der Waals surface area contributed by atoms with Crippen molar-refractivity contribution in [3.05, 3.63) is 35.9 Å². The number of carboxylic acids is 1. The lowest BCUT2D eigenvalue weighted by Crippen LogP contribution is -2.00. The van der Waals surface area contributed by atoms with Crippen molar-refractivity contribution in [2.75, 3.05) is 0 Å². The van der Waals surface area contributed by atoms with Gasteiger partial charge in [0.15, 0.2) is 0 Å². The second kappa shape index (κ2) is 4.23. The summed E-state index contributed by atoms with van der Waals surface area (Å²) < 4.78 is 21.7. The van der Waals surface area contributed by atoms with Crippen molar-refractivity contribution in [2.24, 2.45) is 0 Å². The molecule has 1 N–H and O–H groups in total.